The summed E-state index contributed by atoms with van der Waals surface area (Å²) in [6, 6.07) is 14.3. The first-order valence-corrected chi connectivity index (χ1v) is 9.44. The first kappa shape index (κ1) is 19.0. The molecule has 1 aliphatic heterocycles. The number of hydrogen-bond acceptors (Lipinski definition) is 3. The molecule has 0 aromatic heterocycles. The molecule has 142 valence electrons. The first-order chi connectivity index (χ1) is 13.0. The van der Waals surface area contributed by atoms with Crippen molar-refractivity contribution < 1.29 is 14.7 Å². The summed E-state index contributed by atoms with van der Waals surface area (Å²) in [6.07, 6.45) is 1.41. The third-order valence-electron chi connectivity index (χ3n) is 5.09. The lowest BCUT2D eigenvalue weighted by Gasteiger charge is -2.32. The molecule has 1 aliphatic rings. The third kappa shape index (κ3) is 4.48. The number of rotatable bonds is 4. The van der Waals surface area contributed by atoms with E-state index in [1.54, 1.807) is 18.2 Å². The molecule has 0 bridgehead atoms. The summed E-state index contributed by atoms with van der Waals surface area (Å²) in [4.78, 5) is 26.8. The average Bonchev–Trinajstić information content (AvgIpc) is 2.68. The number of piperidine rings is 1. The molecule has 0 spiro atoms. The highest BCUT2D eigenvalue weighted by Crippen LogP contribution is 2.19. The van der Waals surface area contributed by atoms with Crippen LogP contribution in [0.5, 0.6) is 5.75 Å². The molecule has 0 radical (unpaired) electrons. The quantitative estimate of drug-likeness (QED) is 0.869. The van der Waals surface area contributed by atoms with E-state index >= 15 is 0 Å². The normalized spacial score (nSPS) is 15.0. The van der Waals surface area contributed by atoms with Crippen LogP contribution in [-0.2, 0) is 0 Å². The van der Waals surface area contributed by atoms with Gasteiger partial charge < -0.3 is 15.3 Å². The van der Waals surface area contributed by atoms with Gasteiger partial charge in [-0.1, -0.05) is 38.1 Å². The predicted octanol–water partition coefficient (Wildman–Crippen LogP) is 3.55. The Hall–Kier alpha value is -2.82. The number of likely N-dealkylation sites (tertiary alicyclic amines) is 1. The van der Waals surface area contributed by atoms with Crippen LogP contribution in [0.4, 0.5) is 0 Å². The van der Waals surface area contributed by atoms with Gasteiger partial charge in [0.25, 0.3) is 11.8 Å². The summed E-state index contributed by atoms with van der Waals surface area (Å²) in [5.41, 5.74) is 2.20. The van der Waals surface area contributed by atoms with Crippen LogP contribution >= 0.6 is 0 Å². The summed E-state index contributed by atoms with van der Waals surface area (Å²) in [5, 5.41) is 12.7. The van der Waals surface area contributed by atoms with Gasteiger partial charge in [-0.05, 0) is 48.6 Å². The highest BCUT2D eigenvalue weighted by molar-refractivity contribution is 5.97. The predicted molar refractivity (Wildman–Crippen MR) is 105 cm³/mol. The smallest absolute Gasteiger partial charge is 0.255 e. The standard InChI is InChI=1S/C22H26N2O3/c1-15(2)16-7-9-17(10-8-16)22(27)24-13-11-18(12-14-24)23-21(26)19-5-3-4-6-20(19)25/h3-10,15,18,25H,11-14H2,1-2H3,(H,23,26). The van der Waals surface area contributed by atoms with E-state index in [2.05, 4.69) is 19.2 Å². The van der Waals surface area contributed by atoms with Gasteiger partial charge >= 0.3 is 0 Å². The van der Waals surface area contributed by atoms with E-state index in [0.717, 1.165) is 0 Å². The van der Waals surface area contributed by atoms with Crippen molar-refractivity contribution in [2.75, 3.05) is 13.1 Å². The topological polar surface area (TPSA) is 69.6 Å². The molecular formula is C22H26N2O3. The van der Waals surface area contributed by atoms with Crippen LogP contribution in [-0.4, -0.2) is 41.0 Å². The van der Waals surface area contributed by atoms with E-state index in [9.17, 15) is 14.7 Å². The van der Waals surface area contributed by atoms with Gasteiger partial charge in [-0.25, -0.2) is 0 Å². The summed E-state index contributed by atoms with van der Waals surface area (Å²) in [5.74, 6) is 0.183. The highest BCUT2D eigenvalue weighted by atomic mass is 16.3. The number of benzene rings is 2. The van der Waals surface area contributed by atoms with Crippen LogP contribution in [0, 0.1) is 0 Å². The molecule has 2 aromatic carbocycles. The van der Waals surface area contributed by atoms with Crippen LogP contribution in [0.25, 0.3) is 0 Å². The van der Waals surface area contributed by atoms with E-state index < -0.39 is 0 Å². The summed E-state index contributed by atoms with van der Waals surface area (Å²) < 4.78 is 0. The second kappa shape index (κ2) is 8.25. The Bertz CT molecular complexity index is 807. The van der Waals surface area contributed by atoms with E-state index in [0.29, 0.717) is 37.4 Å². The molecule has 2 aromatic rings. The van der Waals surface area contributed by atoms with Crippen molar-refractivity contribution in [1.82, 2.24) is 10.2 Å². The maximum absolute atomic E-state index is 12.7. The number of phenols is 1. The van der Waals surface area contributed by atoms with Gasteiger partial charge in [0.2, 0.25) is 0 Å². The average molecular weight is 366 g/mol. The minimum absolute atomic E-state index is 0.00414. The van der Waals surface area contributed by atoms with Crippen molar-refractivity contribution in [3.63, 3.8) is 0 Å². The molecule has 1 heterocycles. The lowest BCUT2D eigenvalue weighted by molar-refractivity contribution is 0.0698. The third-order valence-corrected chi connectivity index (χ3v) is 5.09. The highest BCUT2D eigenvalue weighted by Gasteiger charge is 2.25. The fourth-order valence-electron chi connectivity index (χ4n) is 3.35. The van der Waals surface area contributed by atoms with Crippen LogP contribution < -0.4 is 5.32 Å². The molecule has 2 N–H and O–H groups in total. The molecule has 27 heavy (non-hydrogen) atoms. The van der Waals surface area contributed by atoms with Crippen molar-refractivity contribution in [1.29, 1.82) is 0 Å². The molecule has 5 heteroatoms. The lowest BCUT2D eigenvalue weighted by atomic mass is 10.00. The minimum Gasteiger partial charge on any atom is -0.507 e. The molecule has 5 nitrogen and oxygen atoms in total. The molecule has 0 saturated carbocycles. The van der Waals surface area contributed by atoms with Crippen LogP contribution in [0.2, 0.25) is 0 Å². The number of amides is 2. The summed E-state index contributed by atoms with van der Waals surface area (Å²) in [7, 11) is 0. The number of phenolic OH excluding ortho intramolecular Hbond substituents is 1. The molecule has 0 aliphatic carbocycles. The fourth-order valence-corrected chi connectivity index (χ4v) is 3.35. The van der Waals surface area contributed by atoms with Crippen LogP contribution in [0.1, 0.15) is 58.9 Å². The molecule has 0 atom stereocenters. The Morgan fingerprint density at radius 3 is 2.26 bits per heavy atom. The largest absolute Gasteiger partial charge is 0.507 e. The summed E-state index contributed by atoms with van der Waals surface area (Å²) >= 11 is 0. The Kier molecular flexibility index (Phi) is 5.79. The van der Waals surface area contributed by atoms with Crippen molar-refractivity contribution in [2.24, 2.45) is 0 Å². The second-order valence-electron chi connectivity index (χ2n) is 7.33. The van der Waals surface area contributed by atoms with Gasteiger partial charge in [0.15, 0.2) is 0 Å². The zero-order valence-corrected chi connectivity index (χ0v) is 15.8. The van der Waals surface area contributed by atoms with Gasteiger partial charge in [0.05, 0.1) is 5.56 Å². The zero-order valence-electron chi connectivity index (χ0n) is 15.8. The Morgan fingerprint density at radius 1 is 1.04 bits per heavy atom. The number of hydrogen-bond donors (Lipinski definition) is 2. The van der Waals surface area contributed by atoms with Crippen molar-refractivity contribution in [3.8, 4) is 5.75 Å². The van der Waals surface area contributed by atoms with Crippen LogP contribution in [0.3, 0.4) is 0 Å². The minimum atomic E-state index is -0.276. The van der Waals surface area contributed by atoms with Crippen molar-refractivity contribution in [2.45, 2.75) is 38.6 Å². The Balaban J connectivity index is 1.54. The van der Waals surface area contributed by atoms with Gasteiger partial charge in [-0.3, -0.25) is 9.59 Å². The summed E-state index contributed by atoms with van der Waals surface area (Å²) in [6.45, 7) is 5.48. The number of para-hydroxylation sites is 1. The maximum atomic E-state index is 12.7. The van der Waals surface area contributed by atoms with Crippen molar-refractivity contribution >= 4 is 11.8 Å². The van der Waals surface area contributed by atoms with Gasteiger partial charge in [-0.2, -0.15) is 0 Å². The molecule has 3 rings (SSSR count). The molecule has 0 unspecified atom stereocenters. The second-order valence-corrected chi connectivity index (χ2v) is 7.33. The Morgan fingerprint density at radius 2 is 1.67 bits per heavy atom. The lowest BCUT2D eigenvalue weighted by Crippen LogP contribution is -2.46. The Labute approximate surface area is 160 Å². The van der Waals surface area contributed by atoms with E-state index in [1.807, 2.05) is 29.2 Å². The number of carbonyl (C=O) groups is 2. The van der Waals surface area contributed by atoms with Gasteiger partial charge in [0.1, 0.15) is 5.75 Å². The van der Waals surface area contributed by atoms with E-state index in [4.69, 9.17) is 0 Å². The fraction of sp³-hybridized carbons (Fsp3) is 0.364. The van der Waals surface area contributed by atoms with E-state index in [1.165, 1.54) is 11.6 Å². The van der Waals surface area contributed by atoms with Crippen molar-refractivity contribution in [3.05, 3.63) is 65.2 Å². The van der Waals surface area contributed by atoms with Gasteiger partial charge in [0, 0.05) is 24.7 Å². The number of nitrogens with zero attached hydrogens (tertiary/aromatic N) is 1. The molecular weight excluding hydrogens is 340 g/mol. The number of carbonyl (C=O) groups excluding carboxylic acids is 2. The maximum Gasteiger partial charge on any atom is 0.255 e. The number of aromatic hydroxyl groups is 1. The zero-order chi connectivity index (χ0) is 19.4. The van der Waals surface area contributed by atoms with Crippen LogP contribution in [0.15, 0.2) is 48.5 Å². The number of nitrogens with one attached hydrogen (secondary N) is 1. The monoisotopic (exact) mass is 366 g/mol. The molecule has 1 fully saturated rings. The molecule has 2 amide bonds. The van der Waals surface area contributed by atoms with E-state index in [-0.39, 0.29) is 29.2 Å². The molecule has 1 saturated heterocycles. The SMILES string of the molecule is CC(C)c1ccc(C(=O)N2CCC(NC(=O)c3ccccc3O)CC2)cc1. The first-order valence-electron chi connectivity index (χ1n) is 9.44. The van der Waals surface area contributed by atoms with Gasteiger partial charge in [-0.15, -0.1) is 0 Å².